The molecule has 1 rings (SSSR count). The highest BCUT2D eigenvalue weighted by Gasteiger charge is 2.25. The first-order chi connectivity index (χ1) is 10.2. The largest absolute Gasteiger partial charge is 0.299 e. The van der Waals surface area contributed by atoms with Crippen molar-refractivity contribution in [3.05, 3.63) is 34.9 Å². The predicted octanol–water partition coefficient (Wildman–Crippen LogP) is 5.03. The van der Waals surface area contributed by atoms with Crippen LogP contribution >= 0.6 is 23.4 Å². The van der Waals surface area contributed by atoms with Crippen molar-refractivity contribution in [2.75, 3.05) is 12.3 Å². The topological polar surface area (TPSA) is 35.8 Å². The van der Waals surface area contributed by atoms with Gasteiger partial charge in [0.15, 0.2) is 0 Å². The van der Waals surface area contributed by atoms with Crippen LogP contribution < -0.4 is 5.32 Å². The fourth-order valence-corrected chi connectivity index (χ4v) is 3.22. The van der Waals surface area contributed by atoms with E-state index in [1.165, 1.54) is 5.56 Å². The van der Waals surface area contributed by atoms with E-state index in [0.717, 1.165) is 48.8 Å². The van der Waals surface area contributed by atoms with Gasteiger partial charge in [-0.05, 0) is 55.7 Å². The summed E-state index contributed by atoms with van der Waals surface area (Å²) in [4.78, 5) is 0. The summed E-state index contributed by atoms with van der Waals surface area (Å²) in [5.74, 6) is 2.09. The molecule has 4 heteroatoms. The summed E-state index contributed by atoms with van der Waals surface area (Å²) in [6.07, 6.45) is 3.92. The van der Waals surface area contributed by atoms with Gasteiger partial charge in [0.25, 0.3) is 0 Å². The quantitative estimate of drug-likeness (QED) is 0.613. The van der Waals surface area contributed by atoms with Crippen molar-refractivity contribution in [1.82, 2.24) is 5.32 Å². The van der Waals surface area contributed by atoms with Crippen molar-refractivity contribution >= 4 is 23.4 Å². The van der Waals surface area contributed by atoms with Crippen LogP contribution in [0.3, 0.4) is 0 Å². The van der Waals surface area contributed by atoms with Crippen LogP contribution in [0, 0.1) is 11.3 Å². The van der Waals surface area contributed by atoms with E-state index in [1.807, 2.05) is 23.9 Å². The highest BCUT2D eigenvalue weighted by molar-refractivity contribution is 7.98. The van der Waals surface area contributed by atoms with Gasteiger partial charge in [0.2, 0.25) is 0 Å². The molecule has 0 aromatic heterocycles. The molecule has 21 heavy (non-hydrogen) atoms. The molecule has 0 fully saturated rings. The zero-order valence-electron chi connectivity index (χ0n) is 13.0. The van der Waals surface area contributed by atoms with Gasteiger partial charge in [0.1, 0.15) is 5.54 Å². The Morgan fingerprint density at radius 1 is 1.29 bits per heavy atom. The molecule has 0 aliphatic heterocycles. The summed E-state index contributed by atoms with van der Waals surface area (Å²) in [7, 11) is 0. The lowest BCUT2D eigenvalue weighted by molar-refractivity contribution is 0.371. The summed E-state index contributed by atoms with van der Waals surface area (Å²) in [5, 5.41) is 13.6. The van der Waals surface area contributed by atoms with Crippen LogP contribution in [0.25, 0.3) is 0 Å². The van der Waals surface area contributed by atoms with Crippen LogP contribution in [0.4, 0.5) is 0 Å². The monoisotopic (exact) mass is 324 g/mol. The molecule has 1 aromatic rings. The van der Waals surface area contributed by atoms with Gasteiger partial charge in [-0.2, -0.15) is 17.0 Å². The van der Waals surface area contributed by atoms with Gasteiger partial charge in [-0.1, -0.05) is 37.6 Å². The molecule has 116 valence electrons. The van der Waals surface area contributed by atoms with Gasteiger partial charge in [-0.3, -0.25) is 5.32 Å². The molecule has 0 heterocycles. The third kappa shape index (κ3) is 6.74. The average Bonchev–Trinajstić information content (AvgIpc) is 2.52. The van der Waals surface area contributed by atoms with Crippen LogP contribution in [0.1, 0.15) is 45.1 Å². The maximum Gasteiger partial charge on any atom is 0.106 e. The lowest BCUT2D eigenvalue weighted by Gasteiger charge is -2.26. The van der Waals surface area contributed by atoms with Crippen molar-refractivity contribution in [1.29, 1.82) is 5.26 Å². The fourth-order valence-electron chi connectivity index (χ4n) is 2.18. The smallest absolute Gasteiger partial charge is 0.106 e. The molecule has 1 N–H and O–H groups in total. The Kier molecular flexibility index (Phi) is 8.84. The first-order valence-electron chi connectivity index (χ1n) is 7.64. The minimum absolute atomic E-state index is 0.336. The molecule has 0 aliphatic carbocycles. The van der Waals surface area contributed by atoms with Crippen molar-refractivity contribution in [3.8, 4) is 6.07 Å². The third-order valence-electron chi connectivity index (χ3n) is 3.61. The number of thioether (sulfide) groups is 1. The number of nitrogens with zero attached hydrogens (tertiary/aromatic N) is 1. The third-order valence-corrected chi connectivity index (χ3v) is 4.97. The molecule has 0 amide bonds. The Hall–Kier alpha value is -0.690. The van der Waals surface area contributed by atoms with E-state index in [-0.39, 0.29) is 5.54 Å². The zero-order valence-corrected chi connectivity index (χ0v) is 14.6. The van der Waals surface area contributed by atoms with Crippen molar-refractivity contribution in [2.45, 2.75) is 50.8 Å². The van der Waals surface area contributed by atoms with Crippen LogP contribution in [0.5, 0.6) is 0 Å². The van der Waals surface area contributed by atoms with Crippen LogP contribution in [0.15, 0.2) is 24.3 Å². The zero-order chi connectivity index (χ0) is 15.6. The molecule has 2 nitrogen and oxygen atoms in total. The number of hydrogen-bond donors (Lipinski definition) is 1. The van der Waals surface area contributed by atoms with E-state index in [9.17, 15) is 5.26 Å². The number of benzene rings is 1. The SMILES string of the molecule is CCCNC(C#N)(CC)CCCSCc1ccc(Cl)cc1. The Morgan fingerprint density at radius 2 is 2.00 bits per heavy atom. The van der Waals surface area contributed by atoms with Crippen LogP contribution in [0.2, 0.25) is 5.02 Å². The Bertz CT molecular complexity index is 441. The molecule has 0 saturated carbocycles. The van der Waals surface area contributed by atoms with Crippen LogP contribution in [-0.2, 0) is 5.75 Å². The van der Waals surface area contributed by atoms with E-state index in [1.54, 1.807) is 0 Å². The average molecular weight is 325 g/mol. The fraction of sp³-hybridized carbons (Fsp3) is 0.588. The van der Waals surface area contributed by atoms with Gasteiger partial charge in [-0.15, -0.1) is 0 Å². The van der Waals surface area contributed by atoms with E-state index in [2.05, 4.69) is 37.4 Å². The van der Waals surface area contributed by atoms with Crippen LogP contribution in [-0.4, -0.2) is 17.8 Å². The lowest BCUT2D eigenvalue weighted by atomic mass is 9.92. The summed E-state index contributed by atoms with van der Waals surface area (Å²) in [5.41, 5.74) is 0.965. The summed E-state index contributed by atoms with van der Waals surface area (Å²) >= 11 is 7.79. The molecule has 0 aliphatic rings. The highest BCUT2D eigenvalue weighted by Crippen LogP contribution is 2.21. The standard InChI is InChI=1S/C17H25ClN2S/c1-3-11-20-17(4-2,14-19)10-5-12-21-13-15-6-8-16(18)9-7-15/h6-9,20H,3-5,10-13H2,1-2H3. The van der Waals surface area contributed by atoms with Gasteiger partial charge in [0, 0.05) is 10.8 Å². The molecule has 0 bridgehead atoms. The second-order valence-electron chi connectivity index (χ2n) is 5.26. The van der Waals surface area contributed by atoms with Gasteiger partial charge in [-0.25, -0.2) is 0 Å². The first-order valence-corrected chi connectivity index (χ1v) is 9.17. The first kappa shape index (κ1) is 18.4. The maximum atomic E-state index is 9.43. The molecular weight excluding hydrogens is 300 g/mol. The van der Waals surface area contributed by atoms with E-state index in [4.69, 9.17) is 11.6 Å². The number of nitrogens with one attached hydrogen (secondary N) is 1. The minimum atomic E-state index is -0.336. The normalized spacial score (nSPS) is 13.6. The molecule has 0 radical (unpaired) electrons. The molecule has 1 unspecified atom stereocenters. The Labute approximate surface area is 138 Å². The lowest BCUT2D eigenvalue weighted by Crippen LogP contribution is -2.43. The van der Waals surface area contributed by atoms with Crippen molar-refractivity contribution < 1.29 is 0 Å². The second-order valence-corrected chi connectivity index (χ2v) is 6.80. The number of hydrogen-bond acceptors (Lipinski definition) is 3. The number of halogens is 1. The maximum absolute atomic E-state index is 9.43. The molecular formula is C17H25ClN2S. The summed E-state index contributed by atoms with van der Waals surface area (Å²) in [6, 6.07) is 10.5. The number of nitriles is 1. The molecule has 1 atom stereocenters. The number of rotatable bonds is 10. The van der Waals surface area contributed by atoms with Gasteiger partial charge >= 0.3 is 0 Å². The molecule has 1 aromatic carbocycles. The minimum Gasteiger partial charge on any atom is -0.299 e. The van der Waals surface area contributed by atoms with E-state index >= 15 is 0 Å². The van der Waals surface area contributed by atoms with Crippen molar-refractivity contribution in [2.24, 2.45) is 0 Å². The summed E-state index contributed by atoms with van der Waals surface area (Å²) in [6.45, 7) is 5.14. The predicted molar refractivity (Wildman–Crippen MR) is 93.8 cm³/mol. The Balaban J connectivity index is 2.28. The van der Waals surface area contributed by atoms with Gasteiger partial charge in [0.05, 0.1) is 6.07 Å². The van der Waals surface area contributed by atoms with Crippen molar-refractivity contribution in [3.63, 3.8) is 0 Å². The molecule has 0 saturated heterocycles. The highest BCUT2D eigenvalue weighted by atomic mass is 35.5. The Morgan fingerprint density at radius 3 is 2.57 bits per heavy atom. The van der Waals surface area contributed by atoms with Gasteiger partial charge < -0.3 is 0 Å². The summed E-state index contributed by atoms with van der Waals surface area (Å²) < 4.78 is 0. The molecule has 0 spiro atoms. The second kappa shape index (κ2) is 10.1. The van der Waals surface area contributed by atoms with E-state index < -0.39 is 0 Å². The van der Waals surface area contributed by atoms with E-state index in [0.29, 0.717) is 0 Å².